The van der Waals surface area contributed by atoms with Gasteiger partial charge < -0.3 is 20.5 Å². The molecule has 30 heavy (non-hydrogen) atoms. The lowest BCUT2D eigenvalue weighted by atomic mass is 9.85. The molecule has 1 atom stereocenters. The number of carbonyl (C=O) groups is 1. The highest BCUT2D eigenvalue weighted by atomic mass is 19.3. The van der Waals surface area contributed by atoms with Crippen LogP contribution in [0.15, 0.2) is 35.6 Å². The van der Waals surface area contributed by atoms with E-state index in [-0.39, 0.29) is 29.7 Å². The van der Waals surface area contributed by atoms with Crippen LogP contribution in [0.5, 0.6) is 5.88 Å². The first-order valence-electron chi connectivity index (χ1n) is 8.58. The Labute approximate surface area is 168 Å². The molecule has 1 aliphatic heterocycles. The lowest BCUT2D eigenvalue weighted by Gasteiger charge is -2.33. The molecule has 0 radical (unpaired) electrons. The van der Waals surface area contributed by atoms with E-state index >= 15 is 0 Å². The Balaban J connectivity index is 1.91. The van der Waals surface area contributed by atoms with Gasteiger partial charge in [0.15, 0.2) is 5.54 Å². The number of nitrogens with zero attached hydrogens (tertiary/aromatic N) is 3. The molecule has 0 fully saturated rings. The number of amidine groups is 1. The van der Waals surface area contributed by atoms with Gasteiger partial charge in [0.1, 0.15) is 30.6 Å². The minimum Gasteiger partial charge on any atom is -0.445 e. The van der Waals surface area contributed by atoms with Crippen molar-refractivity contribution in [1.29, 1.82) is 0 Å². The number of carbonyl (C=O) groups excluding carboxylic acids is 1. The molecule has 0 saturated carbocycles. The fourth-order valence-electron chi connectivity index (χ4n) is 2.82. The first-order chi connectivity index (χ1) is 14.2. The van der Waals surface area contributed by atoms with Crippen molar-refractivity contribution in [1.82, 2.24) is 9.97 Å². The maximum absolute atomic E-state index is 14.7. The van der Waals surface area contributed by atoms with Crippen molar-refractivity contribution >= 4 is 17.4 Å². The van der Waals surface area contributed by atoms with Crippen molar-refractivity contribution in [2.45, 2.75) is 18.4 Å². The highest BCUT2D eigenvalue weighted by molar-refractivity contribution is 6.02. The minimum atomic E-state index is -3.57. The van der Waals surface area contributed by atoms with Crippen LogP contribution in [0.25, 0.3) is 0 Å². The fraction of sp³-hybridized carbons (Fsp3) is 0.333. The van der Waals surface area contributed by atoms with Crippen LogP contribution in [0, 0.1) is 5.82 Å². The van der Waals surface area contributed by atoms with Crippen LogP contribution in [0.1, 0.15) is 23.0 Å². The lowest BCUT2D eigenvalue weighted by molar-refractivity contribution is -0.116. The third kappa shape index (κ3) is 4.17. The number of halogens is 4. The highest BCUT2D eigenvalue weighted by Gasteiger charge is 2.54. The van der Waals surface area contributed by atoms with Gasteiger partial charge in [0.2, 0.25) is 12.7 Å². The van der Waals surface area contributed by atoms with Gasteiger partial charge in [0, 0.05) is 11.3 Å². The number of hydrogen-bond donors (Lipinski definition) is 2. The second kappa shape index (κ2) is 8.22. The van der Waals surface area contributed by atoms with Crippen molar-refractivity contribution in [3.8, 4) is 5.88 Å². The van der Waals surface area contributed by atoms with E-state index in [0.29, 0.717) is 0 Å². The van der Waals surface area contributed by atoms with Gasteiger partial charge in [-0.2, -0.15) is 0 Å². The van der Waals surface area contributed by atoms with Crippen molar-refractivity contribution in [3.05, 3.63) is 47.7 Å². The van der Waals surface area contributed by atoms with E-state index in [1.165, 1.54) is 6.07 Å². The number of aromatic nitrogens is 2. The van der Waals surface area contributed by atoms with Gasteiger partial charge in [-0.3, -0.25) is 9.79 Å². The molecule has 1 aromatic carbocycles. The zero-order valence-corrected chi connectivity index (χ0v) is 15.7. The Morgan fingerprint density at radius 3 is 2.77 bits per heavy atom. The number of rotatable bonds is 5. The molecule has 1 aromatic heterocycles. The molecule has 3 rings (SSSR count). The Morgan fingerprint density at radius 1 is 1.33 bits per heavy atom. The second-order valence-electron chi connectivity index (χ2n) is 6.51. The van der Waals surface area contributed by atoms with Crippen LogP contribution < -0.4 is 15.8 Å². The summed E-state index contributed by atoms with van der Waals surface area (Å²) in [7, 11) is 0. The highest BCUT2D eigenvalue weighted by Crippen LogP contribution is 2.44. The summed E-state index contributed by atoms with van der Waals surface area (Å²) in [6.45, 7) is -1.40. The number of amides is 1. The average Bonchev–Trinajstić information content (AvgIpc) is 2.79. The zero-order chi connectivity index (χ0) is 21.9. The number of hydrogen-bond acceptors (Lipinski definition) is 7. The van der Waals surface area contributed by atoms with Crippen LogP contribution in [-0.2, 0) is 10.3 Å². The van der Waals surface area contributed by atoms with E-state index in [1.807, 2.05) is 0 Å². The predicted octanol–water partition coefficient (Wildman–Crippen LogP) is 2.41. The van der Waals surface area contributed by atoms with Crippen molar-refractivity contribution in [2.75, 3.05) is 25.4 Å². The van der Waals surface area contributed by atoms with Crippen LogP contribution in [0.2, 0.25) is 0 Å². The van der Waals surface area contributed by atoms with E-state index in [9.17, 15) is 22.4 Å². The molecule has 12 heteroatoms. The predicted molar refractivity (Wildman–Crippen MR) is 97.7 cm³/mol. The number of anilines is 1. The number of alkyl halides is 3. The second-order valence-corrected chi connectivity index (χ2v) is 6.51. The molecular weight excluding hydrogens is 410 g/mol. The summed E-state index contributed by atoms with van der Waals surface area (Å²) in [6, 6.07) is 3.15. The Morgan fingerprint density at radius 2 is 2.10 bits per heavy atom. The Kier molecular flexibility index (Phi) is 5.87. The molecule has 2 heterocycles. The minimum absolute atomic E-state index is 0.0123. The largest absolute Gasteiger partial charge is 0.445 e. The molecule has 1 amide bonds. The van der Waals surface area contributed by atoms with Gasteiger partial charge in [0.05, 0.1) is 12.4 Å². The molecular formula is C18H17F4N5O3. The van der Waals surface area contributed by atoms with E-state index in [4.69, 9.17) is 10.5 Å². The first kappa shape index (κ1) is 21.4. The smallest absolute Gasteiger partial charge is 0.299 e. The molecule has 1 unspecified atom stereocenters. The molecule has 2 aromatic rings. The Bertz CT molecular complexity index is 971. The summed E-state index contributed by atoms with van der Waals surface area (Å²) in [6.07, 6.45) is 2.07. The van der Waals surface area contributed by atoms with Crippen molar-refractivity contribution in [2.24, 2.45) is 10.7 Å². The third-order valence-corrected chi connectivity index (χ3v) is 4.42. The lowest BCUT2D eigenvalue weighted by Crippen LogP contribution is -2.45. The van der Waals surface area contributed by atoms with E-state index < -0.39 is 42.2 Å². The first-order valence-corrected chi connectivity index (χ1v) is 8.58. The van der Waals surface area contributed by atoms with Gasteiger partial charge in [-0.1, -0.05) is 0 Å². The number of aliphatic imine (C=N–C) groups is 1. The molecule has 0 spiro atoms. The summed E-state index contributed by atoms with van der Waals surface area (Å²) in [5.41, 5.74) is 2.62. The molecule has 0 saturated heterocycles. The van der Waals surface area contributed by atoms with Gasteiger partial charge in [-0.15, -0.1) is 0 Å². The van der Waals surface area contributed by atoms with Gasteiger partial charge in [-0.05, 0) is 25.1 Å². The molecule has 8 nitrogen and oxygen atoms in total. The number of nitrogens with two attached hydrogens (primary N) is 1. The summed E-state index contributed by atoms with van der Waals surface area (Å²) < 4.78 is 65.3. The maximum Gasteiger partial charge on any atom is 0.299 e. The quantitative estimate of drug-likeness (QED) is 0.709. The SMILES string of the molecule is CC1(c2cc(NC(=O)c3cnc(OCF)cn3)ccc2F)N=C(N)COCC1(F)F. The normalized spacial score (nSPS) is 20.8. The standard InChI is InChI=1S/C18H17F4N5O3/c1-17(18(21,22)8-29-7-14(23)27-17)11-4-10(2-3-12(11)20)26-16(28)13-5-25-15(6-24-13)30-9-19/h2-6H,7-9H2,1H3,(H2,23,27)(H,26,28). The molecule has 0 aliphatic carbocycles. The zero-order valence-electron chi connectivity index (χ0n) is 15.7. The fourth-order valence-corrected chi connectivity index (χ4v) is 2.82. The third-order valence-electron chi connectivity index (χ3n) is 4.42. The van der Waals surface area contributed by atoms with Crippen molar-refractivity contribution in [3.63, 3.8) is 0 Å². The number of benzene rings is 1. The molecule has 0 bridgehead atoms. The summed E-state index contributed by atoms with van der Waals surface area (Å²) in [4.78, 5) is 23.6. The molecule has 1 aliphatic rings. The summed E-state index contributed by atoms with van der Waals surface area (Å²) in [5.74, 6) is -5.62. The molecule has 160 valence electrons. The average molecular weight is 427 g/mol. The van der Waals surface area contributed by atoms with Crippen LogP contribution >= 0.6 is 0 Å². The number of nitrogens with one attached hydrogen (secondary N) is 1. The monoisotopic (exact) mass is 427 g/mol. The molecule has 3 N–H and O–H groups in total. The van der Waals surface area contributed by atoms with Crippen LogP contribution in [0.4, 0.5) is 23.2 Å². The Hall–Kier alpha value is -3.28. The van der Waals surface area contributed by atoms with E-state index in [2.05, 4.69) is 25.0 Å². The number of ether oxygens (including phenoxy) is 2. The van der Waals surface area contributed by atoms with E-state index in [1.54, 1.807) is 0 Å². The van der Waals surface area contributed by atoms with Crippen molar-refractivity contribution < 1.29 is 31.8 Å². The van der Waals surface area contributed by atoms with Gasteiger partial charge in [-0.25, -0.2) is 27.5 Å². The topological polar surface area (TPSA) is 112 Å². The van der Waals surface area contributed by atoms with E-state index in [0.717, 1.165) is 31.5 Å². The van der Waals surface area contributed by atoms with Gasteiger partial charge in [0.25, 0.3) is 11.8 Å². The van der Waals surface area contributed by atoms with Crippen LogP contribution in [-0.4, -0.2) is 47.7 Å². The van der Waals surface area contributed by atoms with Gasteiger partial charge >= 0.3 is 0 Å². The van der Waals surface area contributed by atoms with Crippen LogP contribution in [0.3, 0.4) is 0 Å². The summed E-state index contributed by atoms with van der Waals surface area (Å²) in [5, 5.41) is 2.41. The summed E-state index contributed by atoms with van der Waals surface area (Å²) >= 11 is 0. The maximum atomic E-state index is 14.7.